The monoisotopic (exact) mass is 380 g/mol. The van der Waals surface area contributed by atoms with Crippen LogP contribution in [0.15, 0.2) is 29.1 Å². The lowest BCUT2D eigenvalue weighted by atomic mass is 10.0. The van der Waals surface area contributed by atoms with Gasteiger partial charge in [-0.15, -0.1) is 0 Å². The largest absolute Gasteiger partial charge is 0.394 e. The number of alkyl halides is 1. The Morgan fingerprint density at radius 3 is 2.57 bits per heavy atom. The van der Waals surface area contributed by atoms with Gasteiger partial charge in [0, 0.05) is 5.39 Å². The highest BCUT2D eigenvalue weighted by molar-refractivity contribution is 9.09. The van der Waals surface area contributed by atoms with Gasteiger partial charge in [0.1, 0.15) is 0 Å². The Bertz CT molecular complexity index is 684. The Morgan fingerprint density at radius 1 is 1.17 bits per heavy atom. The maximum Gasteiger partial charge on any atom is 0.274 e. The van der Waals surface area contributed by atoms with Crippen molar-refractivity contribution in [3.8, 4) is 0 Å². The average Bonchev–Trinajstić information content (AvgIpc) is 2.57. The second kappa shape index (κ2) is 9.18. The molecule has 0 aliphatic carbocycles. The van der Waals surface area contributed by atoms with Gasteiger partial charge in [-0.2, -0.15) is 5.10 Å². The quantitative estimate of drug-likeness (QED) is 0.524. The second-order valence-electron chi connectivity index (χ2n) is 5.85. The van der Waals surface area contributed by atoms with Gasteiger partial charge in [-0.3, -0.25) is 4.79 Å². The minimum atomic E-state index is -0.138. The molecule has 23 heavy (non-hydrogen) atoms. The molecule has 0 saturated carbocycles. The smallest absolute Gasteiger partial charge is 0.274 e. The summed E-state index contributed by atoms with van der Waals surface area (Å²) in [7, 11) is 0. The fraction of sp³-hybridized carbons (Fsp3) is 0.556. The van der Waals surface area contributed by atoms with Crippen molar-refractivity contribution in [2.45, 2.75) is 56.8 Å². The average molecular weight is 381 g/mol. The van der Waals surface area contributed by atoms with E-state index in [-0.39, 0.29) is 23.5 Å². The number of fused-ring (bicyclic) bond motifs is 1. The predicted octanol–water partition coefficient (Wildman–Crippen LogP) is 4.19. The summed E-state index contributed by atoms with van der Waals surface area (Å²) in [4.78, 5) is 12.5. The first-order valence-corrected chi connectivity index (χ1v) is 9.35. The number of benzene rings is 1. The molecule has 1 atom stereocenters. The number of unbranched alkanes of at least 4 members (excludes halogenated alkanes) is 4. The number of hydrogen-bond donors (Lipinski definition) is 1. The summed E-state index contributed by atoms with van der Waals surface area (Å²) in [5.74, 6) is 0. The number of aliphatic hydroxyl groups is 1. The van der Waals surface area contributed by atoms with E-state index >= 15 is 0 Å². The van der Waals surface area contributed by atoms with Crippen molar-refractivity contribution in [1.29, 1.82) is 0 Å². The van der Waals surface area contributed by atoms with Gasteiger partial charge in [0.05, 0.1) is 29.1 Å². The van der Waals surface area contributed by atoms with Crippen molar-refractivity contribution in [3.63, 3.8) is 0 Å². The molecule has 1 aromatic carbocycles. The normalized spacial score (nSPS) is 12.7. The van der Waals surface area contributed by atoms with Crippen LogP contribution in [0, 0.1) is 0 Å². The number of nitrogens with zero attached hydrogens (tertiary/aromatic N) is 2. The Labute approximate surface area is 145 Å². The van der Waals surface area contributed by atoms with E-state index < -0.39 is 0 Å². The SMILES string of the molecule is CCCCCCCC(Br)c1nn(CCO)c(=O)c2ccccc12. The van der Waals surface area contributed by atoms with Gasteiger partial charge >= 0.3 is 0 Å². The maximum atomic E-state index is 12.4. The van der Waals surface area contributed by atoms with Crippen molar-refractivity contribution in [1.82, 2.24) is 9.78 Å². The predicted molar refractivity (Wildman–Crippen MR) is 98.1 cm³/mol. The van der Waals surface area contributed by atoms with Crippen molar-refractivity contribution < 1.29 is 5.11 Å². The van der Waals surface area contributed by atoms with Crippen LogP contribution in [-0.4, -0.2) is 21.5 Å². The summed E-state index contributed by atoms with van der Waals surface area (Å²) in [6.07, 6.45) is 7.17. The lowest BCUT2D eigenvalue weighted by Crippen LogP contribution is -2.26. The Hall–Kier alpha value is -1.20. The molecule has 5 heteroatoms. The van der Waals surface area contributed by atoms with Gasteiger partial charge in [-0.05, 0) is 12.5 Å². The molecule has 2 aromatic rings. The molecule has 126 valence electrons. The summed E-state index contributed by atoms with van der Waals surface area (Å²) in [5, 5.41) is 15.2. The van der Waals surface area contributed by atoms with Gasteiger partial charge in [0.15, 0.2) is 0 Å². The molecule has 1 unspecified atom stereocenters. The van der Waals surface area contributed by atoms with E-state index in [1.165, 1.54) is 30.4 Å². The fourth-order valence-electron chi connectivity index (χ4n) is 2.80. The van der Waals surface area contributed by atoms with E-state index in [4.69, 9.17) is 5.11 Å². The lowest BCUT2D eigenvalue weighted by molar-refractivity contribution is 0.266. The first-order valence-electron chi connectivity index (χ1n) is 8.43. The molecule has 1 aromatic heterocycles. The third-order valence-corrected chi connectivity index (χ3v) is 4.96. The van der Waals surface area contributed by atoms with Gasteiger partial charge in [-0.25, -0.2) is 4.68 Å². The van der Waals surface area contributed by atoms with E-state index in [2.05, 4.69) is 28.0 Å². The van der Waals surface area contributed by atoms with Crippen LogP contribution in [0.3, 0.4) is 0 Å². The van der Waals surface area contributed by atoms with Gasteiger partial charge in [-0.1, -0.05) is 73.2 Å². The highest BCUT2D eigenvalue weighted by Gasteiger charge is 2.16. The van der Waals surface area contributed by atoms with Crippen molar-refractivity contribution in [2.24, 2.45) is 0 Å². The Kier molecular flexibility index (Phi) is 7.24. The van der Waals surface area contributed by atoms with Crippen LogP contribution in [-0.2, 0) is 6.54 Å². The van der Waals surface area contributed by atoms with Crippen LogP contribution < -0.4 is 5.56 Å². The lowest BCUT2D eigenvalue weighted by Gasteiger charge is -2.14. The molecule has 0 fully saturated rings. The fourth-order valence-corrected chi connectivity index (χ4v) is 3.46. The molecule has 0 bridgehead atoms. The highest BCUT2D eigenvalue weighted by Crippen LogP contribution is 2.31. The molecular formula is C18H25BrN2O2. The molecule has 0 aliphatic heterocycles. The number of hydrogen-bond acceptors (Lipinski definition) is 3. The Morgan fingerprint density at radius 2 is 1.87 bits per heavy atom. The Balaban J connectivity index is 2.24. The minimum absolute atomic E-state index is 0.0886. The molecule has 1 N–H and O–H groups in total. The summed E-state index contributed by atoms with van der Waals surface area (Å²) in [5.41, 5.74) is 0.755. The van der Waals surface area contributed by atoms with Crippen LogP contribution in [0.25, 0.3) is 10.8 Å². The van der Waals surface area contributed by atoms with Gasteiger partial charge < -0.3 is 5.11 Å². The first kappa shape index (κ1) is 18.1. The van der Waals surface area contributed by atoms with Crippen LogP contribution >= 0.6 is 15.9 Å². The number of halogens is 1. The topological polar surface area (TPSA) is 55.1 Å². The maximum absolute atomic E-state index is 12.4. The van der Waals surface area contributed by atoms with Crippen LogP contribution in [0.4, 0.5) is 0 Å². The van der Waals surface area contributed by atoms with E-state index in [0.29, 0.717) is 5.39 Å². The molecule has 0 spiro atoms. The number of aliphatic hydroxyl groups excluding tert-OH is 1. The van der Waals surface area contributed by atoms with E-state index in [1.807, 2.05) is 24.3 Å². The zero-order valence-corrected chi connectivity index (χ0v) is 15.3. The standard InChI is InChI=1S/C18H25BrN2O2/c1-2-3-4-5-6-11-16(19)17-14-9-7-8-10-15(14)18(23)21(20-17)12-13-22/h7-10,16,22H,2-6,11-13H2,1H3. The molecule has 4 nitrogen and oxygen atoms in total. The van der Waals surface area contributed by atoms with Gasteiger partial charge in [0.25, 0.3) is 5.56 Å². The zero-order valence-electron chi connectivity index (χ0n) is 13.7. The molecule has 0 amide bonds. The minimum Gasteiger partial charge on any atom is -0.394 e. The molecule has 1 heterocycles. The van der Waals surface area contributed by atoms with Crippen molar-refractivity contribution in [3.05, 3.63) is 40.3 Å². The third-order valence-electron chi connectivity index (χ3n) is 4.07. The molecular weight excluding hydrogens is 356 g/mol. The summed E-state index contributed by atoms with van der Waals surface area (Å²) in [6, 6.07) is 7.58. The molecule has 0 radical (unpaired) electrons. The van der Waals surface area contributed by atoms with Crippen molar-refractivity contribution >= 4 is 26.7 Å². The highest BCUT2D eigenvalue weighted by atomic mass is 79.9. The second-order valence-corrected chi connectivity index (χ2v) is 6.96. The van der Waals surface area contributed by atoms with Crippen LogP contribution in [0.5, 0.6) is 0 Å². The zero-order chi connectivity index (χ0) is 16.7. The third kappa shape index (κ3) is 4.64. The van der Waals surface area contributed by atoms with Gasteiger partial charge in [0.2, 0.25) is 0 Å². The first-order chi connectivity index (χ1) is 11.2. The summed E-state index contributed by atoms with van der Waals surface area (Å²) < 4.78 is 1.38. The molecule has 0 aliphatic rings. The number of aromatic nitrogens is 2. The number of rotatable bonds is 9. The summed E-state index contributed by atoms with van der Waals surface area (Å²) in [6.45, 7) is 2.36. The van der Waals surface area contributed by atoms with E-state index in [9.17, 15) is 4.79 Å². The van der Waals surface area contributed by atoms with E-state index in [0.717, 1.165) is 23.9 Å². The van der Waals surface area contributed by atoms with Crippen molar-refractivity contribution in [2.75, 3.05) is 6.61 Å². The molecule has 0 saturated heterocycles. The van der Waals surface area contributed by atoms with Crippen LogP contribution in [0.1, 0.15) is 56.0 Å². The summed E-state index contributed by atoms with van der Waals surface area (Å²) >= 11 is 3.75. The van der Waals surface area contributed by atoms with E-state index in [1.54, 1.807) is 0 Å². The molecule has 2 rings (SSSR count). The van der Waals surface area contributed by atoms with Crippen LogP contribution in [0.2, 0.25) is 0 Å².